The summed E-state index contributed by atoms with van der Waals surface area (Å²) < 4.78 is 0. The van der Waals surface area contributed by atoms with Crippen molar-refractivity contribution in [3.05, 3.63) is 198 Å². The first-order valence-electron chi connectivity index (χ1n) is 29.3. The van der Waals surface area contributed by atoms with E-state index in [4.69, 9.17) is 17.2 Å². The number of aromatic amines is 3. The first-order chi connectivity index (χ1) is 41.5. The van der Waals surface area contributed by atoms with Gasteiger partial charge in [0.2, 0.25) is 35.4 Å². The van der Waals surface area contributed by atoms with E-state index < -0.39 is 18.1 Å². The zero-order chi connectivity index (χ0) is 59.5. The van der Waals surface area contributed by atoms with Crippen LogP contribution in [0.25, 0.3) is 32.7 Å². The van der Waals surface area contributed by atoms with Gasteiger partial charge in [0.1, 0.15) is 18.1 Å². The largest absolute Gasteiger partial charge is 0.361 e. The van der Waals surface area contributed by atoms with Crippen LogP contribution < -0.4 is 49.1 Å². The molecule has 15 N–H and O–H groups in total. The molecule has 9 aromatic rings. The van der Waals surface area contributed by atoms with Crippen molar-refractivity contribution in [2.75, 3.05) is 35.6 Å². The number of hydrogen-bond donors (Lipinski definition) is 12. The second kappa shape index (κ2) is 31.2. The molecule has 0 spiro atoms. The molecule has 0 unspecified atom stereocenters. The lowest BCUT2D eigenvalue weighted by molar-refractivity contribution is -0.126. The molecule has 18 nitrogen and oxygen atoms in total. The lowest BCUT2D eigenvalue weighted by Gasteiger charge is -2.22. The summed E-state index contributed by atoms with van der Waals surface area (Å²) in [6, 6.07) is 43.4. The molecule has 86 heavy (non-hydrogen) atoms. The van der Waals surface area contributed by atoms with Crippen molar-refractivity contribution in [3.8, 4) is 0 Å². The molecule has 3 atom stereocenters. The number of unbranched alkanes of at least 4 members (excludes halogenated alkanes) is 3. The second-order valence-electron chi connectivity index (χ2n) is 21.6. The first-order valence-corrected chi connectivity index (χ1v) is 29.3. The molecule has 448 valence electrons. The van der Waals surface area contributed by atoms with E-state index in [0.29, 0.717) is 94.5 Å². The Morgan fingerprint density at radius 1 is 0.360 bits per heavy atom. The minimum atomic E-state index is -0.805. The number of anilines is 3. The molecule has 0 saturated carbocycles. The number of halogens is 1. The van der Waals surface area contributed by atoms with Gasteiger partial charge in [0.25, 0.3) is 0 Å². The highest BCUT2D eigenvalue weighted by Gasteiger charge is 2.26. The quantitative estimate of drug-likeness (QED) is 0.0151. The molecule has 0 radical (unpaired) electrons. The number of amides is 6. The van der Waals surface area contributed by atoms with Crippen LogP contribution in [0.1, 0.15) is 97.1 Å². The van der Waals surface area contributed by atoms with Gasteiger partial charge in [0.15, 0.2) is 0 Å². The zero-order valence-electron chi connectivity index (χ0n) is 48.1. The number of carbonyl (C=O) groups excluding carboxylic acids is 6. The molecule has 6 amide bonds. The Labute approximate surface area is 506 Å². The van der Waals surface area contributed by atoms with Crippen molar-refractivity contribution in [1.82, 2.24) is 30.9 Å². The fourth-order valence-corrected chi connectivity index (χ4v) is 10.9. The summed E-state index contributed by atoms with van der Waals surface area (Å²) in [4.78, 5) is 92.0. The number of nitrogens with two attached hydrogens (primary N) is 3. The van der Waals surface area contributed by atoms with E-state index in [9.17, 15) is 28.8 Å². The Hall–Kier alpha value is -9.07. The summed E-state index contributed by atoms with van der Waals surface area (Å²) in [7, 11) is 0. The van der Waals surface area contributed by atoms with Gasteiger partial charge in [-0.2, -0.15) is 0 Å². The number of rotatable bonds is 30. The van der Waals surface area contributed by atoms with Gasteiger partial charge in [-0.3, -0.25) is 28.8 Å². The number of carbonyl (C=O) groups is 6. The molecule has 0 saturated heterocycles. The normalized spacial score (nSPS) is 12.3. The summed E-state index contributed by atoms with van der Waals surface area (Å²) >= 11 is 0. The summed E-state index contributed by atoms with van der Waals surface area (Å²) in [6.07, 6.45) is 11.0. The third-order valence-corrected chi connectivity index (χ3v) is 15.4. The highest BCUT2D eigenvalue weighted by molar-refractivity contribution is 6.00. The van der Waals surface area contributed by atoms with Gasteiger partial charge in [-0.05, 0) is 165 Å². The lowest BCUT2D eigenvalue weighted by atomic mass is 9.85. The topological polar surface area (TPSA) is 300 Å². The minimum Gasteiger partial charge on any atom is -0.361 e. The van der Waals surface area contributed by atoms with Crippen molar-refractivity contribution in [1.29, 1.82) is 0 Å². The average molecular weight is 1180 g/mol. The fourth-order valence-electron chi connectivity index (χ4n) is 10.9. The predicted octanol–water partition coefficient (Wildman–Crippen LogP) is 9.12. The Kier molecular flexibility index (Phi) is 22.8. The van der Waals surface area contributed by atoms with E-state index in [1.165, 1.54) is 0 Å². The summed E-state index contributed by atoms with van der Waals surface area (Å²) in [6.45, 7) is 1.38. The number of hydrogen-bond acceptors (Lipinski definition) is 9. The minimum absolute atomic E-state index is 0. The monoisotopic (exact) mass is 1180 g/mol. The van der Waals surface area contributed by atoms with Crippen molar-refractivity contribution in [2.45, 2.75) is 101 Å². The highest BCUT2D eigenvalue weighted by atomic mass is 35.5. The van der Waals surface area contributed by atoms with Crippen LogP contribution in [0.4, 0.5) is 17.1 Å². The van der Waals surface area contributed by atoms with Crippen LogP contribution in [-0.2, 0) is 48.0 Å². The zero-order valence-corrected chi connectivity index (χ0v) is 48.9. The summed E-state index contributed by atoms with van der Waals surface area (Å²) in [5.74, 6) is -2.26. The smallest absolute Gasteiger partial charge is 0.246 e. The van der Waals surface area contributed by atoms with Crippen LogP contribution in [-0.4, -0.2) is 88.2 Å². The van der Waals surface area contributed by atoms with Crippen molar-refractivity contribution in [3.63, 3.8) is 0 Å². The first kappa shape index (κ1) is 63.0. The molecule has 9 rings (SSSR count). The second-order valence-corrected chi connectivity index (χ2v) is 21.6. The number of fused-ring (bicyclic) bond motifs is 3. The Bertz CT molecular complexity index is 3330. The Balaban J connectivity index is 0.00000961. The predicted molar refractivity (Wildman–Crippen MR) is 344 cm³/mol. The molecular weight excluding hydrogens is 1100 g/mol. The van der Waals surface area contributed by atoms with Gasteiger partial charge in [0.05, 0.1) is 19.3 Å². The van der Waals surface area contributed by atoms with Crippen molar-refractivity contribution < 1.29 is 28.8 Å². The van der Waals surface area contributed by atoms with Crippen LogP contribution in [0, 0.1) is 0 Å². The third kappa shape index (κ3) is 16.8. The standard InChI is InChI=1S/C67H76N12O6.ClH/c68-34-10-7-19-58(77-61(80)37-46-40-71-55-16-4-1-13-52(46)55)65(83)74-49-28-22-43(23-29-49)64(44-24-30-50(31-25-44)75-66(84)59(20-8-11-35-69)78-62(81)38-47-41-72-56-17-5-2-14-53(47)56)45-26-32-51(33-27-45)76-67(85)60(21-9-12-36-70)79-63(82)39-48-42-73-57-18-6-3-15-54(48)57;/h1-6,13-18,22-33,40-42,58-60,64,71-73H,7-12,19-21,34-39,68-70H2,(H,74,83)(H,75,84)(H,76,85)(H,77,80)(H,78,81)(H,79,82);1H/t58-,59-,60-;/m0./s1. The Morgan fingerprint density at radius 2 is 0.628 bits per heavy atom. The van der Waals surface area contributed by atoms with E-state index in [-0.39, 0.29) is 73.0 Å². The van der Waals surface area contributed by atoms with Gasteiger partial charge in [-0.25, -0.2) is 0 Å². The molecule has 3 heterocycles. The maximum absolute atomic E-state index is 14.0. The SMILES string of the molecule is Cl.NCCCC[C@H](NC(=O)Cc1c[nH]c2ccccc12)C(=O)Nc1ccc(C(c2ccc(NC(=O)[C@H](CCCCN)NC(=O)Cc3c[nH]c4ccccc34)cc2)c2ccc(NC(=O)[C@H](CCCCN)NC(=O)Cc3c[nH]c4ccccc34)cc2)cc1. The lowest BCUT2D eigenvalue weighted by Crippen LogP contribution is -2.44. The maximum atomic E-state index is 14.0. The van der Waals surface area contributed by atoms with E-state index in [2.05, 4.69) is 46.9 Å². The number of para-hydroxylation sites is 3. The summed E-state index contributed by atoms with van der Waals surface area (Å²) in [5, 5.41) is 20.9. The molecule has 19 heteroatoms. The highest BCUT2D eigenvalue weighted by Crippen LogP contribution is 2.34. The Morgan fingerprint density at radius 3 is 0.895 bits per heavy atom. The fraction of sp³-hybridized carbons (Fsp3) is 0.284. The van der Waals surface area contributed by atoms with Crippen molar-refractivity contribution in [2.24, 2.45) is 17.2 Å². The van der Waals surface area contributed by atoms with E-state index >= 15 is 0 Å². The molecule has 3 aromatic heterocycles. The molecule has 0 aliphatic rings. The van der Waals surface area contributed by atoms with Crippen LogP contribution in [0.2, 0.25) is 0 Å². The van der Waals surface area contributed by atoms with Crippen LogP contribution in [0.5, 0.6) is 0 Å². The molecular formula is C67H77ClN12O6. The molecule has 0 fully saturated rings. The molecule has 0 aliphatic carbocycles. The van der Waals surface area contributed by atoms with E-state index in [1.807, 2.05) is 164 Å². The van der Waals surface area contributed by atoms with Gasteiger partial charge in [0, 0.05) is 74.3 Å². The van der Waals surface area contributed by atoms with Crippen LogP contribution in [0.3, 0.4) is 0 Å². The number of nitrogens with one attached hydrogen (secondary N) is 9. The van der Waals surface area contributed by atoms with Crippen LogP contribution in [0.15, 0.2) is 164 Å². The molecule has 6 aromatic carbocycles. The van der Waals surface area contributed by atoms with Gasteiger partial charge < -0.3 is 64.1 Å². The van der Waals surface area contributed by atoms with E-state index in [0.717, 1.165) is 66.1 Å². The van der Waals surface area contributed by atoms with Crippen molar-refractivity contribution >= 4 is 97.6 Å². The van der Waals surface area contributed by atoms with Gasteiger partial charge in [-0.15, -0.1) is 12.4 Å². The number of H-pyrrole nitrogens is 3. The van der Waals surface area contributed by atoms with Gasteiger partial charge in [-0.1, -0.05) is 91.0 Å². The maximum Gasteiger partial charge on any atom is 0.246 e. The average Bonchev–Trinajstić information content (AvgIpc) is 4.32. The third-order valence-electron chi connectivity index (χ3n) is 15.4. The number of aromatic nitrogens is 3. The summed E-state index contributed by atoms with van der Waals surface area (Å²) in [5.41, 5.74) is 26.9. The molecule has 0 bridgehead atoms. The van der Waals surface area contributed by atoms with Gasteiger partial charge >= 0.3 is 0 Å². The molecule has 0 aliphatic heterocycles. The van der Waals surface area contributed by atoms with E-state index in [1.54, 1.807) is 0 Å². The number of benzene rings is 6. The van der Waals surface area contributed by atoms with Crippen LogP contribution >= 0.6 is 12.4 Å².